The van der Waals surface area contributed by atoms with E-state index in [2.05, 4.69) is 57.9 Å². The third-order valence-electron chi connectivity index (χ3n) is 11.2. The first-order chi connectivity index (χ1) is 39.0. The van der Waals surface area contributed by atoms with Crippen LogP contribution in [-0.4, -0.2) is 196 Å². The average molecular weight is 1120 g/mol. The van der Waals surface area contributed by atoms with E-state index in [4.69, 9.17) is 26.8 Å². The van der Waals surface area contributed by atoms with Gasteiger partial charge in [0.2, 0.25) is 0 Å². The van der Waals surface area contributed by atoms with Gasteiger partial charge >= 0.3 is 471 Å². The van der Waals surface area contributed by atoms with Crippen LogP contribution in [0.15, 0.2) is 97.1 Å². The first-order valence-corrected chi connectivity index (χ1v) is 25.0. The fourth-order valence-corrected chi connectivity index (χ4v) is 6.99. The zero-order valence-corrected chi connectivity index (χ0v) is 44.6. The fourth-order valence-electron chi connectivity index (χ4n) is 6.99. The molecule has 0 saturated heterocycles. The molecule has 0 spiro atoms. The van der Waals surface area contributed by atoms with Crippen molar-refractivity contribution in [2.75, 3.05) is 116 Å². The topological polar surface area (TPSA) is 433 Å². The molecule has 28 nitrogen and oxygen atoms in total. The number of aryl methyl sites for hydroxylation is 1. The van der Waals surface area contributed by atoms with E-state index in [1.807, 2.05) is 67.6 Å². The van der Waals surface area contributed by atoms with E-state index in [-0.39, 0.29) is 70.2 Å². The van der Waals surface area contributed by atoms with Crippen LogP contribution in [0.3, 0.4) is 0 Å². The minimum absolute atomic E-state index is 0.00290. The predicted octanol–water partition coefficient (Wildman–Crippen LogP) is -2.22. The number of nitrogen functional groups attached to an aromatic ring is 1. The number of anilines is 7. The number of carbonyl (C=O) groups excluding carboxylic acids is 3. The quantitative estimate of drug-likeness (QED) is 0.0171. The third kappa shape index (κ3) is 26.1. The molecule has 0 radical (unpaired) electrons. The molecule has 428 valence electrons. The molecule has 5 atom stereocenters. The third-order valence-corrected chi connectivity index (χ3v) is 11.2. The molecule has 17 N–H and O–H groups in total. The number of rotatable bonds is 27. The summed E-state index contributed by atoms with van der Waals surface area (Å²) >= 11 is 0. The SMILES string of the molecule is COC(=O)CN1C(=O)[C@@H](NCB=O)CNc2ccccc21.Cc1ccccc1NC[C@H](NCB=O)C(=O)O.NC[C@H](NCB=O)C(=O)O.Nc1ccccc1NC[C@H](NCB=O)C(=O)O.O=BCN[C@H]1CNc2ccccc2NC1=O. The number of hydrogen-bond acceptors (Lipinski definition) is 23. The Hall–Kier alpha value is -8.22. The molecular weight excluding hydrogens is 1050 g/mol. The Bertz CT molecular complexity index is 2610. The van der Waals surface area contributed by atoms with Gasteiger partial charge in [0, 0.05) is 0 Å². The van der Waals surface area contributed by atoms with Gasteiger partial charge in [-0.15, -0.1) is 0 Å². The first kappa shape index (κ1) is 68.9. The number of aliphatic carboxylic acids is 3. The molecule has 2 aliphatic heterocycles. The summed E-state index contributed by atoms with van der Waals surface area (Å²) in [5.74, 6) is -3.95. The Labute approximate surface area is 470 Å². The van der Waals surface area contributed by atoms with Gasteiger partial charge in [-0.25, -0.2) is 0 Å². The molecule has 0 bridgehead atoms. The van der Waals surface area contributed by atoms with Gasteiger partial charge in [-0.1, -0.05) is 0 Å². The van der Waals surface area contributed by atoms with Crippen LogP contribution < -0.4 is 69.5 Å². The molecule has 4 aromatic rings. The number of carbonyl (C=O) groups is 6. The number of nitrogens with one attached hydrogen (secondary N) is 10. The van der Waals surface area contributed by atoms with Crippen molar-refractivity contribution in [1.29, 1.82) is 0 Å². The van der Waals surface area contributed by atoms with Crippen molar-refractivity contribution in [3.05, 3.63) is 103 Å². The molecular formula is C48H66B5N13O15. The van der Waals surface area contributed by atoms with Crippen molar-refractivity contribution in [1.82, 2.24) is 26.6 Å². The Morgan fingerprint density at radius 3 is 1.58 bits per heavy atom. The van der Waals surface area contributed by atoms with Gasteiger partial charge < -0.3 is 0 Å². The molecule has 2 heterocycles. The van der Waals surface area contributed by atoms with E-state index in [1.54, 1.807) is 36.4 Å². The molecule has 2 amide bonds. The van der Waals surface area contributed by atoms with Crippen LogP contribution in [0, 0.1) is 6.92 Å². The predicted molar refractivity (Wildman–Crippen MR) is 305 cm³/mol. The maximum atomic E-state index is 12.6. The number of nitrogens with two attached hydrogens (primary N) is 2. The molecule has 4 aromatic carbocycles. The second-order valence-corrected chi connectivity index (χ2v) is 16.9. The van der Waals surface area contributed by atoms with E-state index < -0.39 is 54.1 Å². The van der Waals surface area contributed by atoms with Gasteiger partial charge in [0.25, 0.3) is 0 Å². The first-order valence-electron chi connectivity index (χ1n) is 25.0. The van der Waals surface area contributed by atoms with Gasteiger partial charge in [-0.05, 0) is 0 Å². The van der Waals surface area contributed by atoms with Crippen LogP contribution in [0.1, 0.15) is 5.56 Å². The van der Waals surface area contributed by atoms with Crippen molar-refractivity contribution in [2.45, 2.75) is 37.1 Å². The Morgan fingerprint density at radius 2 is 1.06 bits per heavy atom. The summed E-state index contributed by atoms with van der Waals surface area (Å²) in [6.07, 6.45) is 0.306. The van der Waals surface area contributed by atoms with E-state index in [0.29, 0.717) is 58.8 Å². The summed E-state index contributed by atoms with van der Waals surface area (Å²) in [5, 5.41) is 54.6. The van der Waals surface area contributed by atoms with E-state index in [9.17, 15) is 52.3 Å². The number of amides is 2. The Kier molecular flexibility index (Phi) is 34.1. The molecule has 6 rings (SSSR count). The van der Waals surface area contributed by atoms with Crippen LogP contribution in [0.25, 0.3) is 0 Å². The van der Waals surface area contributed by atoms with E-state index in [0.717, 1.165) is 35.5 Å². The van der Waals surface area contributed by atoms with Gasteiger partial charge in [-0.3, -0.25) is 0 Å². The van der Waals surface area contributed by atoms with Crippen molar-refractivity contribution >= 4 is 111 Å². The van der Waals surface area contributed by atoms with Crippen LogP contribution in [-0.2, 0) is 57.0 Å². The number of methoxy groups -OCH3 is 1. The van der Waals surface area contributed by atoms with Crippen LogP contribution >= 0.6 is 0 Å². The van der Waals surface area contributed by atoms with Crippen molar-refractivity contribution in [3.63, 3.8) is 0 Å². The summed E-state index contributed by atoms with van der Waals surface area (Å²) in [6.45, 7) is 2.94. The number of para-hydroxylation sites is 7. The van der Waals surface area contributed by atoms with Gasteiger partial charge in [0.05, 0.1) is 0 Å². The van der Waals surface area contributed by atoms with Gasteiger partial charge in [0.1, 0.15) is 0 Å². The standard InChI is InChI=1S/C13H16BN3O4.C11H15BN2O3.C10H14BN3O3.C10H12BN3O2.C4H9BN2O3/c1-21-12(18)7-17-11-5-3-2-4-9(11)15-6-10(13(17)19)16-8-14-20;1-8-4-2-3-5-9(8)13-6-10(11(15)16)14-7-12-17;12-7-3-1-2-4-8(7)13-5-9(10(15)16)14-6-11-17;15-10-9(13-6-11-16)5-12-7-3-1-2-4-8(7)14-10;6-1-3(4(8)9)7-2-5-10/h2-5,10,15-16H,6-8H2,1H3;2-5,10,13-14H,6-7H2,1H3,(H,15,16);1-4,9,13-14H,5-6,12H2,(H,15,16);1-4,9,12-13H,5-6H2,(H,14,15);3,7H,1-2,6H2,(H,8,9)/t2*10-;2*9-;3-/m00000/s1. The second kappa shape index (κ2) is 40.0. The molecule has 2 aliphatic rings. The number of carboxylic acid groups (broad SMARTS) is 3. The van der Waals surface area contributed by atoms with Crippen LogP contribution in [0.4, 0.5) is 39.8 Å². The molecule has 33 heteroatoms. The van der Waals surface area contributed by atoms with E-state index >= 15 is 0 Å². The van der Waals surface area contributed by atoms with Crippen molar-refractivity contribution < 1.29 is 72.3 Å². The number of benzene rings is 4. The number of hydrogen-bond donors (Lipinski definition) is 15. The van der Waals surface area contributed by atoms with Crippen molar-refractivity contribution in [2.24, 2.45) is 5.73 Å². The number of carboxylic acids is 3. The summed E-state index contributed by atoms with van der Waals surface area (Å²) in [7, 11) is 4.56. The van der Waals surface area contributed by atoms with Crippen LogP contribution in [0.5, 0.6) is 0 Å². The zero-order chi connectivity index (χ0) is 60.0. The van der Waals surface area contributed by atoms with E-state index in [1.165, 1.54) is 12.0 Å². The summed E-state index contributed by atoms with van der Waals surface area (Å²) < 4.78 is 55.5. The number of nitrogens with zero attached hydrogens (tertiary/aromatic N) is 1. The monoisotopic (exact) mass is 1120 g/mol. The van der Waals surface area contributed by atoms with Crippen molar-refractivity contribution in [3.8, 4) is 0 Å². The molecule has 81 heavy (non-hydrogen) atoms. The summed E-state index contributed by atoms with van der Waals surface area (Å²) in [4.78, 5) is 69.2. The summed E-state index contributed by atoms with van der Waals surface area (Å²) in [6, 6.07) is 26.0. The Morgan fingerprint density at radius 1 is 0.617 bits per heavy atom. The molecule has 0 saturated carbocycles. The van der Waals surface area contributed by atoms with Crippen LogP contribution in [0.2, 0.25) is 0 Å². The Balaban J connectivity index is 0.000000352. The van der Waals surface area contributed by atoms with Gasteiger partial charge in [0.15, 0.2) is 0 Å². The zero-order valence-electron chi connectivity index (χ0n) is 44.6. The summed E-state index contributed by atoms with van der Waals surface area (Å²) in [5.41, 5.74) is 16.9. The van der Waals surface area contributed by atoms with Gasteiger partial charge in [-0.2, -0.15) is 0 Å². The average Bonchev–Trinajstić information content (AvgIpc) is 3.76. The molecule has 0 fully saturated rings. The molecule has 0 unspecified atom stereocenters. The molecule has 0 aromatic heterocycles. The minimum atomic E-state index is -1.04. The number of fused-ring (bicyclic) bond motifs is 2. The molecule has 0 aliphatic carbocycles. The fraction of sp³-hybridized carbons (Fsp3) is 0.375. The normalized spacial score (nSPS) is 14.5. The second-order valence-electron chi connectivity index (χ2n) is 16.9. The number of esters is 1. The number of ether oxygens (including phenoxy) is 1. The maximum absolute atomic E-state index is 12.6.